The Morgan fingerprint density at radius 3 is 2.25 bits per heavy atom. The van der Waals surface area contributed by atoms with Crippen molar-refractivity contribution in [2.45, 2.75) is 55.7 Å². The molecule has 0 radical (unpaired) electrons. The van der Waals surface area contributed by atoms with E-state index in [2.05, 4.69) is 55.3 Å². The van der Waals surface area contributed by atoms with Crippen LogP contribution in [0.25, 0.3) is 0 Å². The Morgan fingerprint density at radius 2 is 1.71 bits per heavy atom. The SMILES string of the molecule is CC(C)(C)Sc1ccccc1[C@@H](C1CCC1)N1CCNCC1.Cl.Cl. The molecular formula is C19H32Cl2N2S. The van der Waals surface area contributed by atoms with E-state index in [4.69, 9.17) is 0 Å². The Bertz CT molecular complexity index is 494. The molecular weight excluding hydrogens is 359 g/mol. The number of hydrogen-bond donors (Lipinski definition) is 1. The highest BCUT2D eigenvalue weighted by Crippen LogP contribution is 2.45. The summed E-state index contributed by atoms with van der Waals surface area (Å²) in [4.78, 5) is 4.23. The minimum absolute atomic E-state index is 0. The molecule has 1 saturated heterocycles. The predicted molar refractivity (Wildman–Crippen MR) is 111 cm³/mol. The summed E-state index contributed by atoms with van der Waals surface area (Å²) in [5, 5.41) is 3.50. The van der Waals surface area contributed by atoms with Gasteiger partial charge in [-0.2, -0.15) is 0 Å². The number of nitrogens with zero attached hydrogens (tertiary/aromatic N) is 1. The van der Waals surface area contributed by atoms with Gasteiger partial charge in [0.25, 0.3) is 0 Å². The summed E-state index contributed by atoms with van der Waals surface area (Å²) in [6.07, 6.45) is 4.23. The number of rotatable bonds is 4. The van der Waals surface area contributed by atoms with E-state index >= 15 is 0 Å². The van der Waals surface area contributed by atoms with Crippen molar-refractivity contribution in [1.82, 2.24) is 10.2 Å². The van der Waals surface area contributed by atoms with Crippen molar-refractivity contribution in [3.8, 4) is 0 Å². The van der Waals surface area contributed by atoms with Crippen molar-refractivity contribution >= 4 is 36.6 Å². The summed E-state index contributed by atoms with van der Waals surface area (Å²) >= 11 is 2.03. The molecule has 1 aromatic carbocycles. The van der Waals surface area contributed by atoms with Gasteiger partial charge >= 0.3 is 0 Å². The average molecular weight is 391 g/mol. The van der Waals surface area contributed by atoms with Gasteiger partial charge in [-0.1, -0.05) is 45.4 Å². The lowest BCUT2D eigenvalue weighted by Gasteiger charge is -2.44. The Morgan fingerprint density at radius 1 is 1.08 bits per heavy atom. The van der Waals surface area contributed by atoms with Crippen LogP contribution >= 0.6 is 36.6 Å². The van der Waals surface area contributed by atoms with E-state index in [1.807, 2.05) is 11.8 Å². The number of benzene rings is 1. The highest BCUT2D eigenvalue weighted by Gasteiger charge is 2.35. The molecule has 1 N–H and O–H groups in total. The molecule has 2 nitrogen and oxygen atoms in total. The van der Waals surface area contributed by atoms with Crippen LogP contribution in [0.2, 0.25) is 0 Å². The molecule has 24 heavy (non-hydrogen) atoms. The molecule has 1 aliphatic heterocycles. The van der Waals surface area contributed by atoms with Gasteiger partial charge in [0.05, 0.1) is 0 Å². The van der Waals surface area contributed by atoms with Crippen LogP contribution in [0.1, 0.15) is 51.6 Å². The zero-order valence-corrected chi connectivity index (χ0v) is 17.5. The fourth-order valence-electron chi connectivity index (χ4n) is 3.61. The van der Waals surface area contributed by atoms with Gasteiger partial charge in [-0.25, -0.2) is 0 Å². The molecule has 0 aromatic heterocycles. The molecule has 138 valence electrons. The van der Waals surface area contributed by atoms with E-state index in [9.17, 15) is 0 Å². The van der Waals surface area contributed by atoms with Gasteiger partial charge in [0.1, 0.15) is 0 Å². The van der Waals surface area contributed by atoms with Crippen molar-refractivity contribution in [3.05, 3.63) is 29.8 Å². The lowest BCUT2D eigenvalue weighted by atomic mass is 9.76. The molecule has 3 rings (SSSR count). The van der Waals surface area contributed by atoms with E-state index in [1.165, 1.54) is 37.2 Å². The molecule has 1 heterocycles. The van der Waals surface area contributed by atoms with Gasteiger partial charge in [-0.3, -0.25) is 4.90 Å². The Hall–Kier alpha value is 0.0700. The van der Waals surface area contributed by atoms with Crippen LogP contribution in [0.15, 0.2) is 29.2 Å². The van der Waals surface area contributed by atoms with Gasteiger partial charge < -0.3 is 5.32 Å². The number of thioether (sulfide) groups is 1. The summed E-state index contributed by atoms with van der Waals surface area (Å²) in [7, 11) is 0. The average Bonchev–Trinajstić information content (AvgIpc) is 2.43. The van der Waals surface area contributed by atoms with Gasteiger partial charge in [-0.15, -0.1) is 36.6 Å². The van der Waals surface area contributed by atoms with E-state index < -0.39 is 0 Å². The normalized spacial score (nSPS) is 20.5. The maximum Gasteiger partial charge on any atom is 0.0388 e. The lowest BCUT2D eigenvalue weighted by Crippen LogP contribution is -2.48. The largest absolute Gasteiger partial charge is 0.314 e. The van der Waals surface area contributed by atoms with Crippen LogP contribution in [0.4, 0.5) is 0 Å². The van der Waals surface area contributed by atoms with E-state index in [0.29, 0.717) is 6.04 Å². The van der Waals surface area contributed by atoms with Crippen LogP contribution in [-0.4, -0.2) is 35.8 Å². The molecule has 5 heteroatoms. The van der Waals surface area contributed by atoms with E-state index in [1.54, 1.807) is 5.56 Å². The molecule has 0 unspecified atom stereocenters. The first-order chi connectivity index (χ1) is 10.5. The molecule has 1 aliphatic carbocycles. The minimum Gasteiger partial charge on any atom is -0.314 e. The van der Waals surface area contributed by atoms with Gasteiger partial charge in [0, 0.05) is 41.9 Å². The molecule has 0 spiro atoms. The summed E-state index contributed by atoms with van der Waals surface area (Å²) in [5.74, 6) is 0.861. The van der Waals surface area contributed by atoms with Crippen LogP contribution in [0, 0.1) is 5.92 Å². The van der Waals surface area contributed by atoms with Crippen molar-refractivity contribution in [3.63, 3.8) is 0 Å². The van der Waals surface area contributed by atoms with Gasteiger partial charge in [0.2, 0.25) is 0 Å². The van der Waals surface area contributed by atoms with Crippen LogP contribution in [-0.2, 0) is 0 Å². The third-order valence-electron chi connectivity index (χ3n) is 4.80. The number of nitrogens with one attached hydrogen (secondary N) is 1. The van der Waals surface area contributed by atoms with Gasteiger partial charge in [-0.05, 0) is 30.4 Å². The minimum atomic E-state index is 0. The fourth-order valence-corrected chi connectivity index (χ4v) is 4.73. The number of piperazine rings is 1. The number of hydrogen-bond acceptors (Lipinski definition) is 3. The maximum atomic E-state index is 3.50. The molecule has 1 atom stereocenters. The second-order valence-corrected chi connectivity index (χ2v) is 9.54. The molecule has 1 saturated carbocycles. The summed E-state index contributed by atoms with van der Waals surface area (Å²) in [6, 6.07) is 9.78. The Balaban J connectivity index is 0.00000144. The summed E-state index contributed by atoms with van der Waals surface area (Å²) < 4.78 is 0.268. The zero-order valence-electron chi connectivity index (χ0n) is 15.1. The predicted octanol–water partition coefficient (Wildman–Crippen LogP) is 5.17. The zero-order chi connectivity index (χ0) is 15.6. The molecule has 1 aromatic rings. The fraction of sp³-hybridized carbons (Fsp3) is 0.684. The van der Waals surface area contributed by atoms with Gasteiger partial charge in [0.15, 0.2) is 0 Å². The standard InChI is InChI=1S/C19H30N2S.2ClH/c1-19(2,3)22-17-10-5-4-9-16(17)18(15-7-6-8-15)21-13-11-20-12-14-21;;/h4-5,9-10,15,18,20H,6-8,11-14H2,1-3H3;2*1H/t18-;;/m1../s1. The molecule has 0 amide bonds. The molecule has 2 fully saturated rings. The number of halogens is 2. The van der Waals surface area contributed by atoms with Crippen LogP contribution in [0.3, 0.4) is 0 Å². The smallest absolute Gasteiger partial charge is 0.0388 e. The van der Waals surface area contributed by atoms with Crippen LogP contribution < -0.4 is 5.32 Å². The van der Waals surface area contributed by atoms with Crippen molar-refractivity contribution in [1.29, 1.82) is 0 Å². The summed E-state index contributed by atoms with van der Waals surface area (Å²) in [6.45, 7) is 11.6. The monoisotopic (exact) mass is 390 g/mol. The van der Waals surface area contributed by atoms with Crippen LogP contribution in [0.5, 0.6) is 0 Å². The first-order valence-electron chi connectivity index (χ1n) is 8.77. The lowest BCUT2D eigenvalue weighted by molar-refractivity contribution is 0.0820. The van der Waals surface area contributed by atoms with Crippen molar-refractivity contribution in [2.75, 3.05) is 26.2 Å². The quantitative estimate of drug-likeness (QED) is 0.713. The second-order valence-electron chi connectivity index (χ2n) is 7.67. The van der Waals surface area contributed by atoms with Crippen molar-refractivity contribution in [2.24, 2.45) is 5.92 Å². The topological polar surface area (TPSA) is 15.3 Å². The Kier molecular flexibility index (Phi) is 8.92. The molecule has 0 bridgehead atoms. The van der Waals surface area contributed by atoms with E-state index in [0.717, 1.165) is 19.0 Å². The third-order valence-corrected chi connectivity index (χ3v) is 6.00. The van der Waals surface area contributed by atoms with Crippen molar-refractivity contribution < 1.29 is 0 Å². The molecule has 2 aliphatic rings. The first kappa shape index (κ1) is 22.1. The van der Waals surface area contributed by atoms with E-state index in [-0.39, 0.29) is 29.6 Å². The Labute approximate surface area is 164 Å². The highest BCUT2D eigenvalue weighted by molar-refractivity contribution is 8.00. The second kappa shape index (κ2) is 9.68. The maximum absolute atomic E-state index is 3.50. The summed E-state index contributed by atoms with van der Waals surface area (Å²) in [5.41, 5.74) is 1.58. The highest BCUT2D eigenvalue weighted by atomic mass is 35.5. The third kappa shape index (κ3) is 5.54. The first-order valence-corrected chi connectivity index (χ1v) is 9.59.